The van der Waals surface area contributed by atoms with Crippen LogP contribution in [0.3, 0.4) is 0 Å². The Morgan fingerprint density at radius 3 is 2.70 bits per heavy atom. The number of nitrogens with zero attached hydrogens (tertiary/aromatic N) is 2. The zero-order valence-corrected chi connectivity index (χ0v) is 14.7. The molecular weight excluding hydrogens is 344 g/mol. The third kappa shape index (κ3) is 3.69. The Morgan fingerprint density at radius 2 is 1.96 bits per heavy atom. The van der Waals surface area contributed by atoms with Crippen molar-refractivity contribution >= 4 is 28.6 Å². The fourth-order valence-corrected chi connectivity index (χ4v) is 3.23. The van der Waals surface area contributed by atoms with Crippen molar-refractivity contribution in [2.45, 2.75) is 0 Å². The summed E-state index contributed by atoms with van der Waals surface area (Å²) in [5.74, 6) is 0.114. The minimum Gasteiger partial charge on any atom is -0.369 e. The highest BCUT2D eigenvalue weighted by Crippen LogP contribution is 2.31. The van der Waals surface area contributed by atoms with Crippen LogP contribution in [-0.2, 0) is 4.79 Å². The van der Waals surface area contributed by atoms with Crippen molar-refractivity contribution < 1.29 is 14.5 Å². The topological polar surface area (TPSA) is 90.6 Å². The van der Waals surface area contributed by atoms with Crippen LogP contribution in [0.25, 0.3) is 28.3 Å². The van der Waals surface area contributed by atoms with Gasteiger partial charge in [-0.1, -0.05) is 11.2 Å². The molecular formula is C20H20N4O3. The van der Waals surface area contributed by atoms with Gasteiger partial charge in [0.1, 0.15) is 5.52 Å². The Balaban J connectivity index is 1.62. The summed E-state index contributed by atoms with van der Waals surface area (Å²) >= 11 is 0. The van der Waals surface area contributed by atoms with Crippen LogP contribution in [0.5, 0.6) is 0 Å². The first-order valence-corrected chi connectivity index (χ1v) is 8.82. The molecule has 27 heavy (non-hydrogen) atoms. The van der Waals surface area contributed by atoms with Crippen molar-refractivity contribution in [3.8, 4) is 11.3 Å². The Morgan fingerprint density at radius 1 is 1.19 bits per heavy atom. The molecule has 1 aromatic heterocycles. The monoisotopic (exact) mass is 364 g/mol. The summed E-state index contributed by atoms with van der Waals surface area (Å²) in [5, 5.41) is 16.9. The highest BCUT2D eigenvalue weighted by Gasteiger charge is 2.13. The molecule has 1 aliphatic heterocycles. The Kier molecular flexibility index (Phi) is 4.86. The van der Waals surface area contributed by atoms with Crippen LogP contribution >= 0.6 is 0 Å². The van der Waals surface area contributed by atoms with Crippen LogP contribution in [0.15, 0.2) is 53.1 Å². The number of carbonyl (C=O) groups excluding carboxylic acids is 1. The molecule has 7 nitrogen and oxygen atoms in total. The van der Waals surface area contributed by atoms with E-state index in [0.29, 0.717) is 5.76 Å². The number of rotatable bonds is 4. The zero-order valence-electron chi connectivity index (χ0n) is 14.7. The molecule has 138 valence electrons. The number of anilines is 1. The Labute approximate surface area is 156 Å². The first-order chi connectivity index (χ1) is 13.2. The molecule has 0 atom stereocenters. The van der Waals surface area contributed by atoms with E-state index >= 15 is 0 Å². The molecule has 2 heterocycles. The number of hydrogen-bond acceptors (Lipinski definition) is 6. The van der Waals surface area contributed by atoms with E-state index in [0.717, 1.165) is 48.2 Å². The number of piperazine rings is 1. The molecule has 4 rings (SSSR count). The molecule has 7 heteroatoms. The second-order valence-corrected chi connectivity index (χ2v) is 6.38. The zero-order chi connectivity index (χ0) is 18.6. The van der Waals surface area contributed by atoms with Crippen molar-refractivity contribution in [1.29, 1.82) is 0 Å². The average Bonchev–Trinajstić information content (AvgIpc) is 3.16. The number of benzene rings is 2. The first-order valence-electron chi connectivity index (χ1n) is 8.82. The largest absolute Gasteiger partial charge is 0.369 e. The van der Waals surface area contributed by atoms with Crippen molar-refractivity contribution in [1.82, 2.24) is 16.0 Å². The van der Waals surface area contributed by atoms with Gasteiger partial charge < -0.3 is 14.7 Å². The van der Waals surface area contributed by atoms with E-state index in [2.05, 4.69) is 27.5 Å². The van der Waals surface area contributed by atoms with Gasteiger partial charge in [-0.2, -0.15) is 0 Å². The van der Waals surface area contributed by atoms with E-state index in [1.54, 1.807) is 11.6 Å². The van der Waals surface area contributed by atoms with Crippen molar-refractivity contribution in [2.24, 2.45) is 0 Å². The van der Waals surface area contributed by atoms with Crippen LogP contribution in [-0.4, -0.2) is 42.5 Å². The van der Waals surface area contributed by atoms with Gasteiger partial charge in [0.15, 0.2) is 5.76 Å². The lowest BCUT2D eigenvalue weighted by atomic mass is 10.1. The number of hydrogen-bond donors (Lipinski definition) is 3. The fourth-order valence-electron chi connectivity index (χ4n) is 3.23. The lowest BCUT2D eigenvalue weighted by Gasteiger charge is -2.29. The van der Waals surface area contributed by atoms with Crippen LogP contribution in [0.1, 0.15) is 5.56 Å². The summed E-state index contributed by atoms with van der Waals surface area (Å²) in [6.07, 6.45) is 2.88. The minimum absolute atomic E-state index is 0.579. The van der Waals surface area contributed by atoms with Gasteiger partial charge in [0.05, 0.1) is 5.39 Å². The van der Waals surface area contributed by atoms with Gasteiger partial charge in [0, 0.05) is 43.5 Å². The first kappa shape index (κ1) is 17.3. The van der Waals surface area contributed by atoms with Gasteiger partial charge in [-0.3, -0.25) is 10.0 Å². The van der Waals surface area contributed by atoms with Gasteiger partial charge >= 0.3 is 0 Å². The molecule has 1 aliphatic rings. The van der Waals surface area contributed by atoms with E-state index in [1.165, 1.54) is 11.8 Å². The van der Waals surface area contributed by atoms with Gasteiger partial charge in [0.2, 0.25) is 0 Å². The van der Waals surface area contributed by atoms with Crippen LogP contribution in [0.4, 0.5) is 5.69 Å². The molecule has 0 bridgehead atoms. The molecule has 0 radical (unpaired) electrons. The predicted molar refractivity (Wildman–Crippen MR) is 103 cm³/mol. The summed E-state index contributed by atoms with van der Waals surface area (Å²) in [4.78, 5) is 13.5. The summed E-state index contributed by atoms with van der Waals surface area (Å²) in [7, 11) is 0. The SMILES string of the molecule is O=C(/C=C/c1ccc2noc(-c3ccc(N4CCNCC4)cc3)c2c1)NO. The van der Waals surface area contributed by atoms with Gasteiger partial charge in [0.25, 0.3) is 5.91 Å². The Hall–Kier alpha value is -3.16. The molecule has 3 N–H and O–H groups in total. The average molecular weight is 364 g/mol. The molecule has 1 fully saturated rings. The summed E-state index contributed by atoms with van der Waals surface area (Å²) in [5.41, 5.74) is 5.28. The molecule has 2 aromatic carbocycles. The van der Waals surface area contributed by atoms with Crippen molar-refractivity contribution in [3.63, 3.8) is 0 Å². The second-order valence-electron chi connectivity index (χ2n) is 6.38. The number of carbonyl (C=O) groups is 1. The minimum atomic E-state index is -0.579. The van der Waals surface area contributed by atoms with Crippen LogP contribution in [0.2, 0.25) is 0 Å². The molecule has 1 amide bonds. The number of hydroxylamine groups is 1. The molecule has 0 aliphatic carbocycles. The van der Waals surface area contributed by atoms with Gasteiger partial charge in [-0.05, 0) is 48.0 Å². The number of aromatic nitrogens is 1. The predicted octanol–water partition coefficient (Wildman–Crippen LogP) is 2.42. The lowest BCUT2D eigenvalue weighted by molar-refractivity contribution is -0.124. The fraction of sp³-hybridized carbons (Fsp3) is 0.200. The normalized spacial score (nSPS) is 14.8. The Bertz CT molecular complexity index is 973. The highest BCUT2D eigenvalue weighted by molar-refractivity contribution is 5.95. The summed E-state index contributed by atoms with van der Waals surface area (Å²) in [6.45, 7) is 4.00. The maximum Gasteiger partial charge on any atom is 0.267 e. The molecule has 0 spiro atoms. The number of amides is 1. The van der Waals surface area contributed by atoms with E-state index in [4.69, 9.17) is 9.73 Å². The second kappa shape index (κ2) is 7.61. The third-order valence-corrected chi connectivity index (χ3v) is 4.65. The molecule has 3 aromatic rings. The van der Waals surface area contributed by atoms with E-state index < -0.39 is 5.91 Å². The number of nitrogens with one attached hydrogen (secondary N) is 2. The van der Waals surface area contributed by atoms with Gasteiger partial charge in [-0.15, -0.1) is 0 Å². The highest BCUT2D eigenvalue weighted by atomic mass is 16.5. The van der Waals surface area contributed by atoms with E-state index in [9.17, 15) is 4.79 Å². The summed E-state index contributed by atoms with van der Waals surface area (Å²) < 4.78 is 5.57. The molecule has 0 saturated carbocycles. The molecule has 1 saturated heterocycles. The quantitative estimate of drug-likeness (QED) is 0.374. The summed E-state index contributed by atoms with van der Waals surface area (Å²) in [6, 6.07) is 13.9. The maximum absolute atomic E-state index is 11.2. The number of fused-ring (bicyclic) bond motifs is 1. The lowest BCUT2D eigenvalue weighted by Crippen LogP contribution is -2.43. The maximum atomic E-state index is 11.2. The van der Waals surface area contributed by atoms with Crippen LogP contribution in [0, 0.1) is 0 Å². The van der Waals surface area contributed by atoms with E-state index in [1.807, 2.05) is 30.3 Å². The third-order valence-electron chi connectivity index (χ3n) is 4.65. The molecule has 0 unspecified atom stereocenters. The standard InChI is InChI=1S/C20H20N4O3/c25-19(22-26)8-2-14-1-7-18-17(13-14)20(27-23-18)15-3-5-16(6-4-15)24-11-9-21-10-12-24/h1-8,13,21,26H,9-12H2,(H,22,25)/b8-2+. The van der Waals surface area contributed by atoms with Crippen molar-refractivity contribution in [2.75, 3.05) is 31.1 Å². The smallest absolute Gasteiger partial charge is 0.267 e. The van der Waals surface area contributed by atoms with Gasteiger partial charge in [-0.25, -0.2) is 5.48 Å². The van der Waals surface area contributed by atoms with Crippen molar-refractivity contribution in [3.05, 3.63) is 54.1 Å². The van der Waals surface area contributed by atoms with Crippen LogP contribution < -0.4 is 15.7 Å². The van der Waals surface area contributed by atoms with E-state index in [-0.39, 0.29) is 0 Å².